The number of aliphatic hydroxyl groups is 19. The first-order valence-corrected chi connectivity index (χ1v) is 36.6. The maximum absolute atomic E-state index is 14.1. The van der Waals surface area contributed by atoms with E-state index in [1.807, 2.05) is 33.8 Å². The number of hydrogen-bond donors (Lipinski definition) is 19. The van der Waals surface area contributed by atoms with E-state index < -0.39 is 280 Å². The molecular formula is C73H110O33. The van der Waals surface area contributed by atoms with Crippen LogP contribution in [0.2, 0.25) is 0 Å². The summed E-state index contributed by atoms with van der Waals surface area (Å²) < 4.78 is 73.7. The van der Waals surface area contributed by atoms with E-state index in [-0.39, 0.29) is 24.3 Å². The largest absolute Gasteiger partial charge is 0.455 e. The summed E-state index contributed by atoms with van der Waals surface area (Å²) in [5, 5.41) is 215. The van der Waals surface area contributed by atoms with Crippen LogP contribution in [0.15, 0.2) is 59.7 Å². The average Bonchev–Trinajstić information content (AvgIpc) is 0.661. The molecule has 10 aliphatic rings. The molecule has 0 unspecified atom stereocenters. The van der Waals surface area contributed by atoms with E-state index in [0.717, 1.165) is 5.57 Å². The minimum atomic E-state index is -2.19. The van der Waals surface area contributed by atoms with E-state index in [1.54, 1.807) is 50.3 Å². The van der Waals surface area contributed by atoms with Gasteiger partial charge in [0.15, 0.2) is 37.6 Å². The molecule has 33 nitrogen and oxygen atoms in total. The van der Waals surface area contributed by atoms with Crippen molar-refractivity contribution in [2.24, 2.45) is 50.2 Å². The molecule has 0 aromatic heterocycles. The maximum Gasteiger partial charge on any atom is 0.333 e. The lowest BCUT2D eigenvalue weighted by Crippen LogP contribution is -2.76. The second kappa shape index (κ2) is 32.4. The van der Waals surface area contributed by atoms with Gasteiger partial charge in [-0.15, -0.1) is 0 Å². The summed E-state index contributed by atoms with van der Waals surface area (Å²) in [7, 11) is 0. The molecule has 0 amide bonds. The van der Waals surface area contributed by atoms with Gasteiger partial charge in [-0.3, -0.25) is 0 Å². The Morgan fingerprint density at radius 3 is 1.64 bits per heavy atom. The predicted octanol–water partition coefficient (Wildman–Crippen LogP) is -4.46. The maximum atomic E-state index is 14.1. The van der Waals surface area contributed by atoms with Crippen LogP contribution >= 0.6 is 0 Å². The van der Waals surface area contributed by atoms with E-state index in [0.29, 0.717) is 31.2 Å². The molecule has 0 spiro atoms. The van der Waals surface area contributed by atoms with E-state index in [2.05, 4.69) is 19.9 Å². The summed E-state index contributed by atoms with van der Waals surface area (Å²) in [6.07, 6.45) is -44.7. The summed E-state index contributed by atoms with van der Waals surface area (Å²) in [5.41, 5.74) is -5.42. The third-order valence-corrected chi connectivity index (χ3v) is 26.2. The standard InChI is InChI=1S/C73H110O33/c1-9-31(2)62(94)106-61-60(102-43(80)18-15-32-13-11-10-12-14-32)68(3,4)23-34-33-16-17-41-69(5)21-20-42(70(6,29-77)40(69)19-22-71(41,7)72(33,8)58(92)59(93)73(34,61)30-78)101-67-57(105-66-52(89)49(86)46(83)38(26-76)99-66)53(90)56(104-65-51(88)48(85)45(82)37(25-75)98-65)39(100-67)28-96-63-54(91)55(35(79)27-95-63)103-64-50(87)47(84)44(81)36(24-74)97-64/h9-16,18,34-42,44-61,63-67,74-79,81-93H,17,19-30H2,1-8H3/b18-15+,31-9+/t34-,35-,36+,37+,38+,39+,40+,41+,42-,44+,45+,46+,47-,48-,49-,50+,51+,52+,53-,54+,55-,56+,57+,58-,59+,60-,61-,63-,64-,65-,66-,67-,69-,70-,71+,72-,73-/m0/s1. The van der Waals surface area contributed by atoms with E-state index in [9.17, 15) is 107 Å². The van der Waals surface area contributed by atoms with Crippen LogP contribution in [0.3, 0.4) is 0 Å². The fourth-order valence-electron chi connectivity index (χ4n) is 19.6. The van der Waals surface area contributed by atoms with Crippen molar-refractivity contribution in [2.45, 2.75) is 272 Å². The molecule has 9 fully saturated rings. The monoisotopic (exact) mass is 1510 g/mol. The molecule has 106 heavy (non-hydrogen) atoms. The van der Waals surface area contributed by atoms with Gasteiger partial charge in [-0.1, -0.05) is 89.6 Å². The van der Waals surface area contributed by atoms with Gasteiger partial charge in [-0.25, -0.2) is 9.59 Å². The smallest absolute Gasteiger partial charge is 0.333 e. The number of carbonyl (C=O) groups is 2. The Kier molecular flexibility index (Phi) is 25.4. The van der Waals surface area contributed by atoms with Gasteiger partial charge in [0.1, 0.15) is 122 Å². The van der Waals surface area contributed by atoms with Crippen LogP contribution in [0.25, 0.3) is 6.08 Å². The van der Waals surface area contributed by atoms with Gasteiger partial charge in [0.05, 0.1) is 70.0 Å². The summed E-state index contributed by atoms with van der Waals surface area (Å²) in [4.78, 5) is 28.1. The summed E-state index contributed by atoms with van der Waals surface area (Å²) in [5.74, 6) is -3.15. The molecule has 4 saturated carbocycles. The third-order valence-electron chi connectivity index (χ3n) is 26.2. The Balaban J connectivity index is 0.918. The highest BCUT2D eigenvalue weighted by molar-refractivity contribution is 5.88. The number of rotatable bonds is 21. The second-order valence-electron chi connectivity index (χ2n) is 32.3. The topological polar surface area (TPSA) is 529 Å². The molecule has 0 radical (unpaired) electrons. The first-order valence-electron chi connectivity index (χ1n) is 36.6. The van der Waals surface area contributed by atoms with Gasteiger partial charge < -0.3 is 154 Å². The lowest BCUT2D eigenvalue weighted by atomic mass is 9.32. The third kappa shape index (κ3) is 14.3. The molecule has 37 atom stereocenters. The highest BCUT2D eigenvalue weighted by Crippen LogP contribution is 2.76. The molecule has 600 valence electrons. The number of fused-ring (bicyclic) bond motifs is 7. The molecular weight excluding hydrogens is 1400 g/mol. The molecule has 33 heteroatoms. The lowest BCUT2D eigenvalue weighted by molar-refractivity contribution is -0.400. The van der Waals surface area contributed by atoms with Crippen molar-refractivity contribution in [3.63, 3.8) is 0 Å². The number of aliphatic hydroxyl groups excluding tert-OH is 19. The van der Waals surface area contributed by atoms with Crippen molar-refractivity contribution in [3.05, 3.63) is 65.3 Å². The van der Waals surface area contributed by atoms with Crippen LogP contribution in [0, 0.1) is 50.2 Å². The summed E-state index contributed by atoms with van der Waals surface area (Å²) >= 11 is 0. The SMILES string of the molecule is C/C=C(\C)C(=O)O[C@H]1[C@H](OC(=O)/C=C/c2ccccc2)C(C)(C)C[C@H]2C3=CC[C@@H]4[C@@]5(C)CC[C@H](O[C@@H]6O[C@H](CO[C@@H]7OC[C@H](O)[C@H](O[C@@H]8O[C@H](CO)[C@@H](O)[C@H](O)[C@H]8O)[C@H]7O)[C@@H](O[C@@H]7O[C@H](CO)[C@@H](O)[C@H](O)[C@H]7O)[C@H](O)[C@H]6O[C@@H]6O[C@H](CO)[C@@H](O)[C@H](O)[C@H]6O)[C@@](C)(CO)[C@@H]5CC[C@@]4(C)[C@]3(C)[C@@H](O)[C@@H](O)[C@]21CO. The molecule has 5 heterocycles. The van der Waals surface area contributed by atoms with Gasteiger partial charge in [-0.05, 0) is 92.6 Å². The number of carbonyl (C=O) groups excluding carboxylic acids is 2. The summed E-state index contributed by atoms with van der Waals surface area (Å²) in [6.45, 7) is 9.27. The zero-order valence-electron chi connectivity index (χ0n) is 60.6. The highest BCUT2D eigenvalue weighted by atomic mass is 16.8. The van der Waals surface area contributed by atoms with Crippen LogP contribution in [-0.2, 0) is 66.4 Å². The molecule has 5 saturated heterocycles. The zero-order valence-corrected chi connectivity index (χ0v) is 60.6. The number of ether oxygens (including phenoxy) is 12. The van der Waals surface area contributed by atoms with Crippen LogP contribution in [0.1, 0.15) is 99.5 Å². The molecule has 5 aliphatic heterocycles. The average molecular weight is 1520 g/mol. The minimum Gasteiger partial charge on any atom is -0.455 e. The van der Waals surface area contributed by atoms with Crippen LogP contribution < -0.4 is 0 Å². The van der Waals surface area contributed by atoms with E-state index in [4.69, 9.17) is 56.8 Å². The van der Waals surface area contributed by atoms with Gasteiger partial charge in [0, 0.05) is 27.9 Å². The Labute approximate surface area is 613 Å². The van der Waals surface area contributed by atoms with Crippen molar-refractivity contribution in [1.82, 2.24) is 0 Å². The van der Waals surface area contributed by atoms with Gasteiger partial charge in [0.2, 0.25) is 0 Å². The Bertz CT molecular complexity index is 3250. The van der Waals surface area contributed by atoms with Crippen molar-refractivity contribution < 1.29 is 163 Å². The quantitative estimate of drug-likeness (QED) is 0.0239. The van der Waals surface area contributed by atoms with Gasteiger partial charge >= 0.3 is 11.9 Å². The van der Waals surface area contributed by atoms with Crippen LogP contribution in [0.4, 0.5) is 0 Å². The van der Waals surface area contributed by atoms with E-state index in [1.165, 1.54) is 6.08 Å². The lowest BCUT2D eigenvalue weighted by Gasteiger charge is -2.73. The normalized spacial score (nSPS) is 49.7. The van der Waals surface area contributed by atoms with Crippen molar-refractivity contribution in [2.75, 3.05) is 46.2 Å². The molecule has 19 N–H and O–H groups in total. The van der Waals surface area contributed by atoms with Crippen LogP contribution in [0.5, 0.6) is 0 Å². The summed E-state index contributed by atoms with van der Waals surface area (Å²) in [6, 6.07) is 9.03. The Morgan fingerprint density at radius 1 is 0.557 bits per heavy atom. The fourth-order valence-corrected chi connectivity index (χ4v) is 19.6. The Morgan fingerprint density at radius 2 is 1.10 bits per heavy atom. The number of hydrogen-bond acceptors (Lipinski definition) is 33. The first kappa shape index (κ1) is 83.2. The van der Waals surface area contributed by atoms with Crippen molar-refractivity contribution in [1.29, 1.82) is 0 Å². The predicted molar refractivity (Wildman–Crippen MR) is 359 cm³/mol. The highest BCUT2D eigenvalue weighted by Gasteiger charge is 2.77. The molecule has 5 aliphatic carbocycles. The van der Waals surface area contributed by atoms with Crippen LogP contribution in [-0.4, -0.2) is 333 Å². The molecule has 0 bridgehead atoms. The fraction of sp³-hybridized carbons (Fsp3) is 0.808. The van der Waals surface area contributed by atoms with Gasteiger partial charge in [-0.2, -0.15) is 0 Å². The number of allylic oxidation sites excluding steroid dienone is 2. The first-order chi connectivity index (χ1) is 50.0. The number of esters is 2. The van der Waals surface area contributed by atoms with Crippen molar-refractivity contribution >= 4 is 18.0 Å². The van der Waals surface area contributed by atoms with Gasteiger partial charge in [0.25, 0.3) is 0 Å². The zero-order chi connectivity index (χ0) is 77.4. The molecule has 11 rings (SSSR count). The molecule has 1 aromatic carbocycles. The van der Waals surface area contributed by atoms with Crippen molar-refractivity contribution in [3.8, 4) is 0 Å². The Hall–Kier alpha value is -3.78. The molecule has 1 aromatic rings. The minimum absolute atomic E-state index is 0.105. The van der Waals surface area contributed by atoms with E-state index >= 15 is 0 Å². The second-order valence-corrected chi connectivity index (χ2v) is 32.3. The number of benzene rings is 1.